The number of fused-ring (bicyclic) bond motifs is 4. The second-order valence-corrected chi connectivity index (χ2v) is 8.78. The highest BCUT2D eigenvalue weighted by Crippen LogP contribution is 2.55. The second-order valence-electron chi connectivity index (χ2n) is 7.70. The van der Waals surface area contributed by atoms with Gasteiger partial charge in [0.2, 0.25) is 0 Å². The highest BCUT2D eigenvalue weighted by atomic mass is 127. The van der Waals surface area contributed by atoms with Crippen LogP contribution in [0.5, 0.6) is 11.5 Å². The molecule has 122 valence electrons. The van der Waals surface area contributed by atoms with E-state index in [1.165, 1.54) is 38.5 Å². The van der Waals surface area contributed by atoms with Crippen molar-refractivity contribution in [2.75, 3.05) is 0 Å². The quantitative estimate of drug-likeness (QED) is 0.533. The van der Waals surface area contributed by atoms with Crippen LogP contribution in [0.3, 0.4) is 0 Å². The minimum absolute atomic E-state index is 0.273. The summed E-state index contributed by atoms with van der Waals surface area (Å²) in [5.41, 5.74) is 2.39. The van der Waals surface area contributed by atoms with Gasteiger partial charge < -0.3 is 10.2 Å². The standard InChI is InChI=1S/C19H27IO2/c1-12-7-3-5-9-19(2)10-6-4-8-13-11-14(15(12)19)18(22)16(20)17(13)21/h11-12,15,21-22H,3-10H2,1-2H3. The summed E-state index contributed by atoms with van der Waals surface area (Å²) >= 11 is 2.10. The first-order valence-electron chi connectivity index (χ1n) is 8.67. The van der Waals surface area contributed by atoms with Gasteiger partial charge in [0.25, 0.3) is 0 Å². The number of phenols is 2. The molecule has 0 saturated heterocycles. The van der Waals surface area contributed by atoms with Gasteiger partial charge in [-0.1, -0.05) is 39.5 Å². The molecule has 0 heterocycles. The highest BCUT2D eigenvalue weighted by Gasteiger charge is 2.41. The van der Waals surface area contributed by atoms with Crippen LogP contribution in [0, 0.1) is 14.9 Å². The van der Waals surface area contributed by atoms with Crippen LogP contribution in [-0.4, -0.2) is 10.2 Å². The van der Waals surface area contributed by atoms with Gasteiger partial charge in [0, 0.05) is 0 Å². The molecule has 1 aromatic rings. The summed E-state index contributed by atoms with van der Waals surface area (Å²) < 4.78 is 0.644. The van der Waals surface area contributed by atoms with Crippen molar-refractivity contribution in [2.45, 2.75) is 71.1 Å². The third kappa shape index (κ3) is 2.74. The van der Waals surface area contributed by atoms with Gasteiger partial charge >= 0.3 is 0 Å². The van der Waals surface area contributed by atoms with Crippen LogP contribution in [-0.2, 0) is 6.42 Å². The van der Waals surface area contributed by atoms with Crippen LogP contribution in [0.15, 0.2) is 6.07 Å². The molecule has 0 amide bonds. The smallest absolute Gasteiger partial charge is 0.136 e. The number of halogens is 1. The minimum Gasteiger partial charge on any atom is -0.506 e. The van der Waals surface area contributed by atoms with E-state index >= 15 is 0 Å². The van der Waals surface area contributed by atoms with Crippen molar-refractivity contribution in [3.8, 4) is 11.5 Å². The van der Waals surface area contributed by atoms with Gasteiger partial charge in [0.1, 0.15) is 11.5 Å². The van der Waals surface area contributed by atoms with E-state index in [0.717, 1.165) is 24.0 Å². The summed E-state index contributed by atoms with van der Waals surface area (Å²) in [5.74, 6) is 1.62. The molecule has 2 aliphatic carbocycles. The van der Waals surface area contributed by atoms with E-state index in [0.29, 0.717) is 26.9 Å². The van der Waals surface area contributed by atoms with E-state index in [1.807, 2.05) is 0 Å². The monoisotopic (exact) mass is 414 g/mol. The van der Waals surface area contributed by atoms with Crippen molar-refractivity contribution in [3.05, 3.63) is 20.8 Å². The van der Waals surface area contributed by atoms with E-state index in [9.17, 15) is 10.2 Å². The molecule has 3 heteroatoms. The van der Waals surface area contributed by atoms with Gasteiger partial charge in [-0.2, -0.15) is 0 Å². The Morgan fingerprint density at radius 3 is 2.50 bits per heavy atom. The first kappa shape index (κ1) is 16.4. The van der Waals surface area contributed by atoms with Crippen molar-refractivity contribution in [1.29, 1.82) is 0 Å². The zero-order valence-corrected chi connectivity index (χ0v) is 15.8. The van der Waals surface area contributed by atoms with Gasteiger partial charge in [-0.3, -0.25) is 0 Å². The maximum absolute atomic E-state index is 10.7. The SMILES string of the molecule is CC1CCCCC2(C)CCCCc3cc(c(O)c(I)c3O)C12. The lowest BCUT2D eigenvalue weighted by molar-refractivity contribution is 0.172. The Balaban J connectivity index is 2.20. The Kier molecular flexibility index (Phi) is 4.64. The fourth-order valence-corrected chi connectivity index (χ4v) is 5.60. The van der Waals surface area contributed by atoms with Crippen LogP contribution < -0.4 is 0 Å². The van der Waals surface area contributed by atoms with E-state index in [2.05, 4.69) is 42.5 Å². The molecule has 2 aliphatic rings. The second kappa shape index (κ2) is 6.21. The molecule has 2 nitrogen and oxygen atoms in total. The molecule has 1 saturated carbocycles. The van der Waals surface area contributed by atoms with Gasteiger partial charge in [-0.05, 0) is 82.7 Å². The minimum atomic E-state index is 0.273. The maximum Gasteiger partial charge on any atom is 0.136 e. The molecule has 0 radical (unpaired) electrons. The number of hydrogen-bond donors (Lipinski definition) is 2. The van der Waals surface area contributed by atoms with Crippen LogP contribution in [0.2, 0.25) is 0 Å². The van der Waals surface area contributed by atoms with E-state index in [4.69, 9.17) is 0 Å². The molecule has 1 aromatic carbocycles. The lowest BCUT2D eigenvalue weighted by Crippen LogP contribution is -2.29. The molecule has 0 aliphatic heterocycles. The van der Waals surface area contributed by atoms with Crippen molar-refractivity contribution in [2.24, 2.45) is 11.3 Å². The third-order valence-corrected chi connectivity index (χ3v) is 7.10. The Morgan fingerprint density at radius 2 is 1.77 bits per heavy atom. The molecular formula is C19H27IO2. The van der Waals surface area contributed by atoms with Crippen LogP contribution in [0.1, 0.15) is 75.8 Å². The zero-order valence-electron chi connectivity index (χ0n) is 13.7. The highest BCUT2D eigenvalue weighted by molar-refractivity contribution is 14.1. The fourth-order valence-electron chi connectivity index (χ4n) is 4.94. The van der Waals surface area contributed by atoms with Crippen LogP contribution >= 0.6 is 22.6 Å². The summed E-state index contributed by atoms with van der Waals surface area (Å²) in [5, 5.41) is 21.1. The third-order valence-electron chi connectivity index (χ3n) is 6.08. The molecule has 2 N–H and O–H groups in total. The van der Waals surface area contributed by atoms with Gasteiger partial charge in [0.05, 0.1) is 3.57 Å². The molecule has 0 aromatic heterocycles. The molecule has 1 fully saturated rings. The average Bonchev–Trinajstić information content (AvgIpc) is 2.58. The maximum atomic E-state index is 10.7. The Labute approximate surface area is 147 Å². The van der Waals surface area contributed by atoms with Crippen LogP contribution in [0.25, 0.3) is 0 Å². The number of benzene rings is 1. The van der Waals surface area contributed by atoms with E-state index < -0.39 is 0 Å². The molecule has 2 bridgehead atoms. The number of phenolic OH excluding ortho intramolecular Hbond substituents is 2. The summed E-state index contributed by atoms with van der Waals surface area (Å²) in [6, 6.07) is 2.11. The topological polar surface area (TPSA) is 40.5 Å². The molecule has 0 spiro atoms. The van der Waals surface area contributed by atoms with E-state index in [-0.39, 0.29) is 5.41 Å². The molecular weight excluding hydrogens is 387 g/mol. The molecule has 22 heavy (non-hydrogen) atoms. The van der Waals surface area contributed by atoms with Crippen molar-refractivity contribution in [3.63, 3.8) is 0 Å². The summed E-state index contributed by atoms with van der Waals surface area (Å²) in [7, 11) is 0. The Morgan fingerprint density at radius 1 is 1.09 bits per heavy atom. The lowest BCUT2D eigenvalue weighted by atomic mass is 9.64. The number of rotatable bonds is 0. The van der Waals surface area contributed by atoms with Crippen LogP contribution in [0.4, 0.5) is 0 Å². The predicted octanol–water partition coefficient (Wildman–Crippen LogP) is 5.73. The number of aromatic hydroxyl groups is 2. The zero-order chi connectivity index (χ0) is 15.9. The Bertz CT molecular complexity index is 569. The molecule has 3 unspecified atom stereocenters. The normalized spacial score (nSPS) is 32.3. The fraction of sp³-hybridized carbons (Fsp3) is 0.684. The lowest BCUT2D eigenvalue weighted by Gasteiger charge is -2.40. The number of aryl methyl sites for hydroxylation is 1. The van der Waals surface area contributed by atoms with Crippen molar-refractivity contribution >= 4 is 22.6 Å². The summed E-state index contributed by atoms with van der Waals surface area (Å²) in [6.45, 7) is 4.79. The van der Waals surface area contributed by atoms with Crippen molar-refractivity contribution in [1.82, 2.24) is 0 Å². The first-order chi connectivity index (χ1) is 10.4. The van der Waals surface area contributed by atoms with Gasteiger partial charge in [-0.25, -0.2) is 0 Å². The Hall–Kier alpha value is -0.450. The van der Waals surface area contributed by atoms with Crippen molar-refractivity contribution < 1.29 is 10.2 Å². The summed E-state index contributed by atoms with van der Waals surface area (Å²) in [4.78, 5) is 0. The summed E-state index contributed by atoms with van der Waals surface area (Å²) in [6.07, 6.45) is 9.61. The molecule has 3 atom stereocenters. The average molecular weight is 414 g/mol. The van der Waals surface area contributed by atoms with Gasteiger partial charge in [0.15, 0.2) is 0 Å². The first-order valence-corrected chi connectivity index (χ1v) is 9.75. The number of hydrogen-bond acceptors (Lipinski definition) is 2. The van der Waals surface area contributed by atoms with E-state index in [1.54, 1.807) is 0 Å². The van der Waals surface area contributed by atoms with Gasteiger partial charge in [-0.15, -0.1) is 0 Å². The largest absolute Gasteiger partial charge is 0.506 e. The molecule has 3 rings (SSSR count). The predicted molar refractivity (Wildman–Crippen MR) is 98.5 cm³/mol.